The predicted octanol–water partition coefficient (Wildman–Crippen LogP) is 2.15. The second-order valence-electron chi connectivity index (χ2n) is 3.46. The molecule has 0 amide bonds. The van der Waals surface area contributed by atoms with E-state index in [2.05, 4.69) is 0 Å². The summed E-state index contributed by atoms with van der Waals surface area (Å²) < 4.78 is 28.6. The first-order valence-electron chi connectivity index (χ1n) is 5.11. The maximum absolute atomic E-state index is 11.6. The lowest BCUT2D eigenvalue weighted by atomic mass is 10.3. The molecule has 2 aromatic rings. The molecule has 2 aromatic carbocycles. The van der Waals surface area contributed by atoms with Gasteiger partial charge in [-0.3, -0.25) is 0 Å². The Labute approximate surface area is 105 Å². The third-order valence-corrected chi connectivity index (χ3v) is 3.39. The van der Waals surface area contributed by atoms with Crippen molar-refractivity contribution in [1.82, 2.24) is 4.89 Å². The fraction of sp³-hybridized carbons (Fsp3) is 0. The van der Waals surface area contributed by atoms with Crippen LogP contribution in [0.4, 0.5) is 0 Å². The largest absolute Gasteiger partial charge is 0.456 e. The van der Waals surface area contributed by atoms with E-state index >= 15 is 0 Å². The van der Waals surface area contributed by atoms with Crippen molar-refractivity contribution in [2.24, 2.45) is 0 Å². The Hall–Kier alpha value is -1.89. The Kier molecular flexibility index (Phi) is 3.61. The summed E-state index contributed by atoms with van der Waals surface area (Å²) in [6.07, 6.45) is 0. The van der Waals surface area contributed by atoms with Crippen LogP contribution in [-0.2, 0) is 10.0 Å². The minimum Gasteiger partial charge on any atom is -0.456 e. The summed E-state index contributed by atoms with van der Waals surface area (Å²) in [7, 11) is -3.97. The van der Waals surface area contributed by atoms with Gasteiger partial charge in [0.05, 0.1) is 0 Å². The van der Waals surface area contributed by atoms with Crippen LogP contribution >= 0.6 is 0 Å². The maximum atomic E-state index is 11.6. The molecule has 6 heteroatoms. The molecule has 0 aliphatic rings. The highest BCUT2D eigenvalue weighted by atomic mass is 32.2. The number of rotatable bonds is 4. The SMILES string of the molecule is O=S(=O)(NO)c1ccccc1Oc1ccccc1. The topological polar surface area (TPSA) is 75.6 Å². The van der Waals surface area contributed by atoms with Crippen LogP contribution in [0.1, 0.15) is 0 Å². The van der Waals surface area contributed by atoms with Gasteiger partial charge in [0.25, 0.3) is 10.0 Å². The second kappa shape index (κ2) is 5.18. The number of hydrogen-bond acceptors (Lipinski definition) is 4. The molecule has 0 aromatic heterocycles. The average Bonchev–Trinajstić information content (AvgIpc) is 2.40. The van der Waals surface area contributed by atoms with E-state index in [0.717, 1.165) is 0 Å². The molecule has 0 fully saturated rings. The van der Waals surface area contributed by atoms with E-state index in [1.54, 1.807) is 36.4 Å². The van der Waals surface area contributed by atoms with Crippen LogP contribution in [0.3, 0.4) is 0 Å². The Morgan fingerprint density at radius 2 is 1.56 bits per heavy atom. The molecule has 18 heavy (non-hydrogen) atoms. The molecule has 0 saturated heterocycles. The van der Waals surface area contributed by atoms with E-state index in [4.69, 9.17) is 9.94 Å². The third kappa shape index (κ3) is 2.67. The van der Waals surface area contributed by atoms with Crippen LogP contribution in [0.5, 0.6) is 11.5 Å². The Morgan fingerprint density at radius 3 is 2.22 bits per heavy atom. The first-order valence-corrected chi connectivity index (χ1v) is 6.59. The van der Waals surface area contributed by atoms with E-state index in [1.165, 1.54) is 17.0 Å². The molecule has 94 valence electrons. The monoisotopic (exact) mass is 265 g/mol. The summed E-state index contributed by atoms with van der Waals surface area (Å²) in [5, 5.41) is 8.64. The molecule has 0 radical (unpaired) electrons. The molecule has 2 N–H and O–H groups in total. The molecular formula is C12H11NO4S. The summed E-state index contributed by atoms with van der Waals surface area (Å²) in [6, 6.07) is 14.8. The number of sulfonamides is 1. The maximum Gasteiger partial charge on any atom is 0.265 e. The van der Waals surface area contributed by atoms with Crippen molar-refractivity contribution in [3.05, 3.63) is 54.6 Å². The minimum absolute atomic E-state index is 0.128. The van der Waals surface area contributed by atoms with Crippen molar-refractivity contribution >= 4 is 10.0 Å². The Bertz CT molecular complexity index is 626. The van der Waals surface area contributed by atoms with Gasteiger partial charge in [0.1, 0.15) is 16.4 Å². The number of ether oxygens (including phenoxy) is 1. The number of para-hydroxylation sites is 2. The molecule has 0 aliphatic carbocycles. The summed E-state index contributed by atoms with van der Waals surface area (Å²) in [4.78, 5) is 1.15. The first kappa shape index (κ1) is 12.6. The summed E-state index contributed by atoms with van der Waals surface area (Å²) in [6.45, 7) is 0. The lowest BCUT2D eigenvalue weighted by molar-refractivity contribution is 0.242. The second-order valence-corrected chi connectivity index (χ2v) is 5.09. The number of nitrogens with one attached hydrogen (secondary N) is 1. The zero-order chi connectivity index (χ0) is 13.0. The molecule has 0 spiro atoms. The quantitative estimate of drug-likeness (QED) is 0.830. The van der Waals surface area contributed by atoms with Crippen LogP contribution in [0, 0.1) is 0 Å². The minimum atomic E-state index is -3.97. The molecule has 0 heterocycles. The van der Waals surface area contributed by atoms with Crippen molar-refractivity contribution in [3.8, 4) is 11.5 Å². The van der Waals surface area contributed by atoms with Crippen LogP contribution in [0.25, 0.3) is 0 Å². The Balaban J connectivity index is 2.41. The van der Waals surface area contributed by atoms with E-state index < -0.39 is 10.0 Å². The van der Waals surface area contributed by atoms with E-state index in [9.17, 15) is 8.42 Å². The van der Waals surface area contributed by atoms with Crippen molar-refractivity contribution in [2.45, 2.75) is 4.90 Å². The number of hydrogen-bond donors (Lipinski definition) is 2. The van der Waals surface area contributed by atoms with E-state index in [1.807, 2.05) is 6.07 Å². The fourth-order valence-electron chi connectivity index (χ4n) is 1.42. The van der Waals surface area contributed by atoms with Crippen molar-refractivity contribution in [2.75, 3.05) is 0 Å². The van der Waals surface area contributed by atoms with Crippen LogP contribution < -0.4 is 9.62 Å². The van der Waals surface area contributed by atoms with E-state index in [-0.39, 0.29) is 10.6 Å². The normalized spacial score (nSPS) is 11.2. The van der Waals surface area contributed by atoms with Crippen molar-refractivity contribution in [1.29, 1.82) is 0 Å². The molecule has 0 aliphatic heterocycles. The zero-order valence-electron chi connectivity index (χ0n) is 9.28. The van der Waals surface area contributed by atoms with Gasteiger partial charge in [0.15, 0.2) is 0 Å². The van der Waals surface area contributed by atoms with Crippen LogP contribution in [0.15, 0.2) is 59.5 Å². The third-order valence-electron chi connectivity index (χ3n) is 2.23. The standard InChI is InChI=1S/C12H11NO4S/c14-13-18(15,16)12-9-5-4-8-11(12)17-10-6-2-1-3-7-10/h1-9,13-14H. The van der Waals surface area contributed by atoms with Crippen LogP contribution in [0.2, 0.25) is 0 Å². The highest BCUT2D eigenvalue weighted by molar-refractivity contribution is 7.89. The Morgan fingerprint density at radius 1 is 0.944 bits per heavy atom. The average molecular weight is 265 g/mol. The van der Waals surface area contributed by atoms with Crippen molar-refractivity contribution < 1.29 is 18.4 Å². The summed E-state index contributed by atoms with van der Waals surface area (Å²) in [5.74, 6) is 0.656. The van der Waals surface area contributed by atoms with Gasteiger partial charge in [-0.15, -0.1) is 0 Å². The predicted molar refractivity (Wildman–Crippen MR) is 65.1 cm³/mol. The van der Waals surface area contributed by atoms with Gasteiger partial charge in [-0.25, -0.2) is 8.42 Å². The zero-order valence-corrected chi connectivity index (χ0v) is 10.1. The summed E-state index contributed by atoms with van der Waals surface area (Å²) in [5.41, 5.74) is 0. The van der Waals surface area contributed by atoms with Gasteiger partial charge in [-0.05, 0) is 24.3 Å². The van der Waals surface area contributed by atoms with Crippen molar-refractivity contribution in [3.63, 3.8) is 0 Å². The molecule has 0 unspecified atom stereocenters. The molecule has 2 rings (SSSR count). The smallest absolute Gasteiger partial charge is 0.265 e. The number of benzene rings is 2. The molecular weight excluding hydrogens is 254 g/mol. The molecule has 5 nitrogen and oxygen atoms in total. The van der Waals surface area contributed by atoms with Gasteiger partial charge in [0.2, 0.25) is 0 Å². The summed E-state index contributed by atoms with van der Waals surface area (Å²) >= 11 is 0. The first-order chi connectivity index (χ1) is 8.63. The molecule has 0 saturated carbocycles. The fourth-order valence-corrected chi connectivity index (χ4v) is 2.15. The van der Waals surface area contributed by atoms with Crippen LogP contribution in [-0.4, -0.2) is 13.6 Å². The highest BCUT2D eigenvalue weighted by Gasteiger charge is 2.18. The van der Waals surface area contributed by atoms with Gasteiger partial charge in [-0.1, -0.05) is 35.2 Å². The van der Waals surface area contributed by atoms with Gasteiger partial charge >= 0.3 is 0 Å². The van der Waals surface area contributed by atoms with Gasteiger partial charge in [-0.2, -0.15) is 0 Å². The lowest BCUT2D eigenvalue weighted by Crippen LogP contribution is -2.19. The molecule has 0 bridgehead atoms. The van der Waals surface area contributed by atoms with Gasteiger partial charge < -0.3 is 9.94 Å². The highest BCUT2D eigenvalue weighted by Crippen LogP contribution is 2.27. The van der Waals surface area contributed by atoms with E-state index in [0.29, 0.717) is 5.75 Å². The van der Waals surface area contributed by atoms with Gasteiger partial charge in [0, 0.05) is 0 Å². The lowest BCUT2D eigenvalue weighted by Gasteiger charge is -2.10. The molecule has 0 atom stereocenters.